The number of nitrogens with one attached hydrogen (secondary N) is 1. The van der Waals surface area contributed by atoms with Crippen molar-refractivity contribution in [1.82, 2.24) is 15.0 Å². The van der Waals surface area contributed by atoms with Crippen molar-refractivity contribution >= 4 is 12.0 Å². The maximum atomic E-state index is 12.4. The summed E-state index contributed by atoms with van der Waals surface area (Å²) in [5.41, 5.74) is 0. The normalized spacial score (nSPS) is 20.0. The highest BCUT2D eigenvalue weighted by molar-refractivity contribution is 5.87. The Hall–Kier alpha value is -1.80. The standard InChI is InChI=1S/C11H15F3N4O2/c1-7-15-9(20-17-7)16-10(19)18-4-2-3-8(6-18)5-11(12,13)14/h8H,2-6H2,1H3,(H,15,16,17,19). The number of aryl methyl sites for hydroxylation is 1. The van der Waals surface area contributed by atoms with Crippen molar-refractivity contribution in [2.75, 3.05) is 18.4 Å². The number of nitrogens with zero attached hydrogens (tertiary/aromatic N) is 3. The summed E-state index contributed by atoms with van der Waals surface area (Å²) in [6, 6.07) is -0.564. The molecule has 1 N–H and O–H groups in total. The maximum Gasteiger partial charge on any atom is 0.389 e. The Bertz CT molecular complexity index is 474. The number of hydrogen-bond donors (Lipinski definition) is 1. The number of amides is 2. The number of piperidine rings is 1. The predicted octanol–water partition coefficient (Wildman–Crippen LogP) is 2.57. The summed E-state index contributed by atoms with van der Waals surface area (Å²) in [5, 5.41) is 5.89. The Morgan fingerprint density at radius 2 is 2.30 bits per heavy atom. The number of alkyl halides is 3. The molecule has 20 heavy (non-hydrogen) atoms. The van der Waals surface area contributed by atoms with E-state index < -0.39 is 24.5 Å². The molecule has 0 aromatic carbocycles. The summed E-state index contributed by atoms with van der Waals surface area (Å²) < 4.78 is 41.8. The lowest BCUT2D eigenvalue weighted by Gasteiger charge is -2.32. The molecule has 0 aliphatic carbocycles. The van der Waals surface area contributed by atoms with Gasteiger partial charge in [-0.3, -0.25) is 5.32 Å². The number of rotatable bonds is 2. The van der Waals surface area contributed by atoms with Gasteiger partial charge in [-0.25, -0.2) is 4.79 Å². The van der Waals surface area contributed by atoms with E-state index >= 15 is 0 Å². The van der Waals surface area contributed by atoms with Crippen LogP contribution in [-0.2, 0) is 0 Å². The molecule has 0 saturated carbocycles. The van der Waals surface area contributed by atoms with Gasteiger partial charge in [-0.05, 0) is 25.7 Å². The first-order chi connectivity index (χ1) is 9.33. The van der Waals surface area contributed by atoms with Crippen LogP contribution in [0, 0.1) is 12.8 Å². The number of likely N-dealkylation sites (tertiary alicyclic amines) is 1. The van der Waals surface area contributed by atoms with Crippen LogP contribution in [0.2, 0.25) is 0 Å². The van der Waals surface area contributed by atoms with Gasteiger partial charge in [0.1, 0.15) is 0 Å². The summed E-state index contributed by atoms with van der Waals surface area (Å²) in [7, 11) is 0. The van der Waals surface area contributed by atoms with Crippen LogP contribution in [0.15, 0.2) is 4.52 Å². The van der Waals surface area contributed by atoms with E-state index in [2.05, 4.69) is 15.5 Å². The van der Waals surface area contributed by atoms with Gasteiger partial charge < -0.3 is 9.42 Å². The van der Waals surface area contributed by atoms with Gasteiger partial charge in [-0.1, -0.05) is 5.16 Å². The van der Waals surface area contributed by atoms with Crippen LogP contribution in [0.3, 0.4) is 0 Å². The lowest BCUT2D eigenvalue weighted by atomic mass is 9.95. The van der Waals surface area contributed by atoms with Crippen molar-refractivity contribution in [2.24, 2.45) is 5.92 Å². The van der Waals surface area contributed by atoms with E-state index in [4.69, 9.17) is 4.52 Å². The Kier molecular flexibility index (Phi) is 4.15. The van der Waals surface area contributed by atoms with Crippen molar-refractivity contribution in [3.8, 4) is 0 Å². The molecule has 0 bridgehead atoms. The Morgan fingerprint density at radius 3 is 2.90 bits per heavy atom. The van der Waals surface area contributed by atoms with Gasteiger partial charge in [0, 0.05) is 19.5 Å². The fourth-order valence-electron chi connectivity index (χ4n) is 2.26. The second kappa shape index (κ2) is 5.68. The first-order valence-corrected chi connectivity index (χ1v) is 6.26. The van der Waals surface area contributed by atoms with Crippen molar-refractivity contribution in [2.45, 2.75) is 32.4 Å². The van der Waals surface area contributed by atoms with Crippen LogP contribution < -0.4 is 5.32 Å². The van der Waals surface area contributed by atoms with Crippen molar-refractivity contribution in [3.63, 3.8) is 0 Å². The highest BCUT2D eigenvalue weighted by Crippen LogP contribution is 2.30. The second-order valence-electron chi connectivity index (χ2n) is 4.85. The molecule has 0 spiro atoms. The van der Waals surface area contributed by atoms with E-state index in [9.17, 15) is 18.0 Å². The lowest BCUT2D eigenvalue weighted by molar-refractivity contribution is -0.147. The first kappa shape index (κ1) is 14.6. The molecule has 1 aliphatic heterocycles. The van der Waals surface area contributed by atoms with Gasteiger partial charge >= 0.3 is 18.2 Å². The zero-order valence-electron chi connectivity index (χ0n) is 10.9. The largest absolute Gasteiger partial charge is 0.389 e. The maximum absolute atomic E-state index is 12.4. The monoisotopic (exact) mass is 292 g/mol. The highest BCUT2D eigenvalue weighted by Gasteiger charge is 2.35. The van der Waals surface area contributed by atoms with E-state index in [0.29, 0.717) is 25.2 Å². The quantitative estimate of drug-likeness (QED) is 0.909. The van der Waals surface area contributed by atoms with Crippen LogP contribution in [0.5, 0.6) is 0 Å². The van der Waals surface area contributed by atoms with Crippen molar-refractivity contribution in [3.05, 3.63) is 5.82 Å². The Balaban J connectivity index is 1.89. The molecule has 1 fully saturated rings. The van der Waals surface area contributed by atoms with Crippen LogP contribution in [0.1, 0.15) is 25.1 Å². The van der Waals surface area contributed by atoms with Gasteiger partial charge in [-0.15, -0.1) is 0 Å². The molecule has 1 aliphatic rings. The number of urea groups is 1. The summed E-state index contributed by atoms with van der Waals surface area (Å²) in [4.78, 5) is 17.0. The average molecular weight is 292 g/mol. The van der Waals surface area contributed by atoms with Gasteiger partial charge in [-0.2, -0.15) is 18.2 Å². The fraction of sp³-hybridized carbons (Fsp3) is 0.727. The minimum Gasteiger partial charge on any atom is -0.324 e. The van der Waals surface area contributed by atoms with E-state index in [1.165, 1.54) is 4.90 Å². The molecule has 2 amide bonds. The number of halogens is 3. The third kappa shape index (κ3) is 4.10. The molecule has 0 radical (unpaired) electrons. The molecule has 6 nitrogen and oxygen atoms in total. The van der Waals surface area contributed by atoms with E-state index in [-0.39, 0.29) is 12.6 Å². The number of hydrogen-bond acceptors (Lipinski definition) is 4. The summed E-state index contributed by atoms with van der Waals surface area (Å²) in [5.74, 6) is -0.187. The van der Waals surface area contributed by atoms with E-state index in [1.54, 1.807) is 6.92 Å². The Morgan fingerprint density at radius 1 is 1.55 bits per heavy atom. The predicted molar refractivity (Wildman–Crippen MR) is 63.0 cm³/mol. The molecule has 1 aromatic rings. The molecular formula is C11H15F3N4O2. The molecule has 2 rings (SSSR count). The van der Waals surface area contributed by atoms with Crippen LogP contribution in [0.25, 0.3) is 0 Å². The second-order valence-corrected chi connectivity index (χ2v) is 4.85. The summed E-state index contributed by atoms with van der Waals surface area (Å²) in [6.45, 7) is 2.10. The molecule has 1 unspecified atom stereocenters. The topological polar surface area (TPSA) is 71.3 Å². The minimum absolute atomic E-state index is 0.0505. The average Bonchev–Trinajstić information content (AvgIpc) is 2.73. The minimum atomic E-state index is -4.20. The third-order valence-corrected chi connectivity index (χ3v) is 3.07. The number of aromatic nitrogens is 2. The fourth-order valence-corrected chi connectivity index (χ4v) is 2.26. The van der Waals surface area contributed by atoms with Gasteiger partial charge in [0.05, 0.1) is 0 Å². The SMILES string of the molecule is Cc1noc(NC(=O)N2CCCC(CC(F)(F)F)C2)n1. The highest BCUT2D eigenvalue weighted by atomic mass is 19.4. The lowest BCUT2D eigenvalue weighted by Crippen LogP contribution is -2.43. The number of carbonyl (C=O) groups is 1. The van der Waals surface area contributed by atoms with Gasteiger partial charge in [0.25, 0.3) is 0 Å². The zero-order valence-corrected chi connectivity index (χ0v) is 10.9. The molecule has 9 heteroatoms. The number of anilines is 1. The molecule has 1 aromatic heterocycles. The number of carbonyl (C=O) groups excluding carboxylic acids is 1. The smallest absolute Gasteiger partial charge is 0.324 e. The molecule has 1 atom stereocenters. The van der Waals surface area contributed by atoms with Crippen LogP contribution >= 0.6 is 0 Å². The zero-order chi connectivity index (χ0) is 14.8. The third-order valence-electron chi connectivity index (χ3n) is 3.07. The van der Waals surface area contributed by atoms with Crippen molar-refractivity contribution < 1.29 is 22.5 Å². The van der Waals surface area contributed by atoms with Crippen LogP contribution in [-0.4, -0.2) is 40.3 Å². The first-order valence-electron chi connectivity index (χ1n) is 6.26. The molecule has 112 valence electrons. The molecular weight excluding hydrogens is 277 g/mol. The summed E-state index contributed by atoms with van der Waals surface area (Å²) in [6.07, 6.45) is -4.04. The molecule has 2 heterocycles. The van der Waals surface area contributed by atoms with E-state index in [1.807, 2.05) is 0 Å². The molecule has 1 saturated heterocycles. The van der Waals surface area contributed by atoms with Gasteiger partial charge in [0.2, 0.25) is 0 Å². The van der Waals surface area contributed by atoms with Crippen molar-refractivity contribution in [1.29, 1.82) is 0 Å². The van der Waals surface area contributed by atoms with Crippen LogP contribution in [0.4, 0.5) is 24.0 Å². The Labute approximate surface area is 113 Å². The van der Waals surface area contributed by atoms with E-state index in [0.717, 1.165) is 0 Å². The van der Waals surface area contributed by atoms with Gasteiger partial charge in [0.15, 0.2) is 5.82 Å². The summed E-state index contributed by atoms with van der Waals surface area (Å²) >= 11 is 0.